The fraction of sp³-hybridized carbons (Fsp3) is 0.538. The van der Waals surface area contributed by atoms with Crippen LogP contribution < -0.4 is 5.32 Å². The summed E-state index contributed by atoms with van der Waals surface area (Å²) in [4.78, 5) is 0. The number of rotatable bonds is 6. The van der Waals surface area contributed by atoms with Crippen LogP contribution in [0, 0.1) is 6.92 Å². The Labute approximate surface area is 97.7 Å². The van der Waals surface area contributed by atoms with Crippen LogP contribution in [-0.2, 0) is 5.75 Å². The van der Waals surface area contributed by atoms with Crippen molar-refractivity contribution in [2.24, 2.45) is 0 Å². The zero-order valence-electron chi connectivity index (χ0n) is 9.92. The Balaban J connectivity index is 2.29. The molecule has 1 nitrogen and oxygen atoms in total. The molecule has 1 aromatic rings. The van der Waals surface area contributed by atoms with Crippen molar-refractivity contribution in [2.45, 2.75) is 32.6 Å². The second kappa shape index (κ2) is 6.91. The third kappa shape index (κ3) is 4.72. The predicted molar refractivity (Wildman–Crippen MR) is 70.5 cm³/mol. The summed E-state index contributed by atoms with van der Waals surface area (Å²) in [6, 6.07) is 9.25. The molecule has 0 bridgehead atoms. The standard InChI is InChI=1S/C13H21NS/c1-4-14-12(3)9-15-10-13-8-6-5-7-11(13)2/h5-8,12,14H,4,9-10H2,1-3H3. The van der Waals surface area contributed by atoms with Gasteiger partial charge in [-0.25, -0.2) is 0 Å². The highest BCUT2D eigenvalue weighted by Gasteiger charge is 2.01. The molecule has 0 fully saturated rings. The van der Waals surface area contributed by atoms with Crippen LogP contribution in [0.15, 0.2) is 24.3 Å². The van der Waals surface area contributed by atoms with Crippen LogP contribution in [0.1, 0.15) is 25.0 Å². The maximum absolute atomic E-state index is 3.43. The number of thioether (sulfide) groups is 1. The second-order valence-corrected chi connectivity index (χ2v) is 4.93. The normalized spacial score (nSPS) is 12.7. The summed E-state index contributed by atoms with van der Waals surface area (Å²) < 4.78 is 0. The largest absolute Gasteiger partial charge is 0.314 e. The number of benzene rings is 1. The summed E-state index contributed by atoms with van der Waals surface area (Å²) in [7, 11) is 0. The zero-order valence-corrected chi connectivity index (χ0v) is 10.7. The summed E-state index contributed by atoms with van der Waals surface area (Å²) in [5.74, 6) is 2.31. The van der Waals surface area contributed by atoms with Gasteiger partial charge in [-0.3, -0.25) is 0 Å². The Morgan fingerprint density at radius 2 is 2.07 bits per heavy atom. The van der Waals surface area contributed by atoms with Gasteiger partial charge in [-0.2, -0.15) is 11.8 Å². The van der Waals surface area contributed by atoms with Crippen LogP contribution in [0.3, 0.4) is 0 Å². The first-order valence-electron chi connectivity index (χ1n) is 5.59. The molecule has 0 amide bonds. The Kier molecular flexibility index (Phi) is 5.81. The molecule has 84 valence electrons. The Morgan fingerprint density at radius 3 is 2.73 bits per heavy atom. The SMILES string of the molecule is CCNC(C)CSCc1ccccc1C. The first-order chi connectivity index (χ1) is 7.24. The molecule has 0 aliphatic carbocycles. The second-order valence-electron chi connectivity index (χ2n) is 3.90. The molecular weight excluding hydrogens is 202 g/mol. The Bertz CT molecular complexity index is 286. The van der Waals surface area contributed by atoms with E-state index in [2.05, 4.69) is 50.4 Å². The lowest BCUT2D eigenvalue weighted by Crippen LogP contribution is -2.27. The third-order valence-electron chi connectivity index (χ3n) is 2.44. The highest BCUT2D eigenvalue weighted by atomic mass is 32.2. The van der Waals surface area contributed by atoms with Crippen molar-refractivity contribution in [3.05, 3.63) is 35.4 Å². The van der Waals surface area contributed by atoms with E-state index in [0.29, 0.717) is 6.04 Å². The minimum absolute atomic E-state index is 0.615. The first-order valence-corrected chi connectivity index (χ1v) is 6.75. The van der Waals surface area contributed by atoms with Crippen molar-refractivity contribution >= 4 is 11.8 Å². The molecule has 0 aliphatic rings. The molecule has 0 saturated carbocycles. The lowest BCUT2D eigenvalue weighted by Gasteiger charge is -2.12. The van der Waals surface area contributed by atoms with Gasteiger partial charge in [-0.1, -0.05) is 31.2 Å². The molecule has 0 spiro atoms. The van der Waals surface area contributed by atoms with Gasteiger partial charge in [-0.05, 0) is 31.5 Å². The van der Waals surface area contributed by atoms with E-state index in [9.17, 15) is 0 Å². The molecule has 0 saturated heterocycles. The lowest BCUT2D eigenvalue weighted by atomic mass is 10.1. The highest BCUT2D eigenvalue weighted by Crippen LogP contribution is 2.16. The minimum atomic E-state index is 0.615. The van der Waals surface area contributed by atoms with Crippen LogP contribution in [0.2, 0.25) is 0 Å². The Hall–Kier alpha value is -0.470. The van der Waals surface area contributed by atoms with E-state index in [0.717, 1.165) is 12.3 Å². The van der Waals surface area contributed by atoms with E-state index in [1.165, 1.54) is 16.9 Å². The summed E-state index contributed by atoms with van der Waals surface area (Å²) in [6.45, 7) is 7.65. The van der Waals surface area contributed by atoms with Crippen molar-refractivity contribution in [1.82, 2.24) is 5.32 Å². The van der Waals surface area contributed by atoms with Gasteiger partial charge < -0.3 is 5.32 Å². The quantitative estimate of drug-likeness (QED) is 0.794. The number of hydrogen-bond donors (Lipinski definition) is 1. The van der Waals surface area contributed by atoms with Crippen molar-refractivity contribution in [2.75, 3.05) is 12.3 Å². The smallest absolute Gasteiger partial charge is 0.0187 e. The third-order valence-corrected chi connectivity index (χ3v) is 3.69. The van der Waals surface area contributed by atoms with Crippen molar-refractivity contribution in [3.8, 4) is 0 Å². The van der Waals surface area contributed by atoms with E-state index in [1.807, 2.05) is 11.8 Å². The Morgan fingerprint density at radius 1 is 1.33 bits per heavy atom. The van der Waals surface area contributed by atoms with Crippen molar-refractivity contribution in [3.63, 3.8) is 0 Å². The van der Waals surface area contributed by atoms with Gasteiger partial charge in [0.15, 0.2) is 0 Å². The van der Waals surface area contributed by atoms with Crippen molar-refractivity contribution in [1.29, 1.82) is 0 Å². The predicted octanol–water partition coefficient (Wildman–Crippen LogP) is 3.23. The first kappa shape index (κ1) is 12.6. The average Bonchev–Trinajstić information content (AvgIpc) is 2.21. The van der Waals surface area contributed by atoms with E-state index >= 15 is 0 Å². The molecular formula is C13H21NS. The van der Waals surface area contributed by atoms with Crippen LogP contribution in [0.5, 0.6) is 0 Å². The van der Waals surface area contributed by atoms with Crippen molar-refractivity contribution < 1.29 is 0 Å². The average molecular weight is 223 g/mol. The van der Waals surface area contributed by atoms with Gasteiger partial charge in [0.25, 0.3) is 0 Å². The van der Waals surface area contributed by atoms with E-state index < -0.39 is 0 Å². The zero-order chi connectivity index (χ0) is 11.1. The van der Waals surface area contributed by atoms with Gasteiger partial charge in [0.2, 0.25) is 0 Å². The summed E-state index contributed by atoms with van der Waals surface area (Å²) in [6.07, 6.45) is 0. The monoisotopic (exact) mass is 223 g/mol. The lowest BCUT2D eigenvalue weighted by molar-refractivity contribution is 0.620. The van der Waals surface area contributed by atoms with Gasteiger partial charge >= 0.3 is 0 Å². The maximum atomic E-state index is 3.43. The summed E-state index contributed by atoms with van der Waals surface area (Å²) in [5, 5.41) is 3.43. The molecule has 1 unspecified atom stereocenters. The van der Waals surface area contributed by atoms with E-state index in [1.54, 1.807) is 0 Å². The van der Waals surface area contributed by atoms with Gasteiger partial charge in [0.1, 0.15) is 0 Å². The molecule has 1 atom stereocenters. The summed E-state index contributed by atoms with van der Waals surface area (Å²) in [5.41, 5.74) is 2.87. The van der Waals surface area contributed by atoms with Crippen LogP contribution in [-0.4, -0.2) is 18.3 Å². The number of hydrogen-bond acceptors (Lipinski definition) is 2. The van der Waals surface area contributed by atoms with E-state index in [-0.39, 0.29) is 0 Å². The minimum Gasteiger partial charge on any atom is -0.314 e. The van der Waals surface area contributed by atoms with E-state index in [4.69, 9.17) is 0 Å². The number of aryl methyl sites for hydroxylation is 1. The highest BCUT2D eigenvalue weighted by molar-refractivity contribution is 7.98. The van der Waals surface area contributed by atoms with Crippen LogP contribution in [0.4, 0.5) is 0 Å². The molecule has 1 aromatic carbocycles. The molecule has 0 radical (unpaired) electrons. The van der Waals surface area contributed by atoms with Gasteiger partial charge in [0.05, 0.1) is 0 Å². The van der Waals surface area contributed by atoms with Crippen LogP contribution in [0.25, 0.3) is 0 Å². The number of nitrogens with one attached hydrogen (secondary N) is 1. The topological polar surface area (TPSA) is 12.0 Å². The molecule has 1 N–H and O–H groups in total. The van der Waals surface area contributed by atoms with Crippen LogP contribution >= 0.6 is 11.8 Å². The molecule has 0 aliphatic heterocycles. The summed E-state index contributed by atoms with van der Waals surface area (Å²) >= 11 is 2.01. The van der Waals surface area contributed by atoms with Gasteiger partial charge in [0, 0.05) is 17.5 Å². The van der Waals surface area contributed by atoms with Gasteiger partial charge in [-0.15, -0.1) is 0 Å². The molecule has 0 aromatic heterocycles. The maximum Gasteiger partial charge on any atom is 0.0187 e. The molecule has 0 heterocycles. The fourth-order valence-corrected chi connectivity index (χ4v) is 2.66. The molecule has 1 rings (SSSR count). The molecule has 15 heavy (non-hydrogen) atoms. The fourth-order valence-electron chi connectivity index (χ4n) is 1.53. The molecule has 2 heteroatoms.